The minimum Gasteiger partial charge on any atom is -0.321 e. The predicted octanol–water partition coefficient (Wildman–Crippen LogP) is 4.69. The second-order valence-corrected chi connectivity index (χ2v) is 6.74. The summed E-state index contributed by atoms with van der Waals surface area (Å²) in [4.78, 5) is 25.3. The first-order valence-corrected chi connectivity index (χ1v) is 8.93. The molecule has 9 heteroatoms. The van der Waals surface area contributed by atoms with Gasteiger partial charge in [-0.1, -0.05) is 23.7 Å². The van der Waals surface area contributed by atoms with Crippen molar-refractivity contribution in [2.75, 3.05) is 5.32 Å². The average molecular weight is 432 g/mol. The van der Waals surface area contributed by atoms with E-state index in [0.29, 0.717) is 10.6 Å². The molecule has 2 aromatic carbocycles. The molecule has 0 aliphatic carbocycles. The topological polar surface area (TPSA) is 74.9 Å². The molecule has 5 nitrogen and oxygen atoms in total. The highest BCUT2D eigenvalue weighted by atomic mass is 35.5. The van der Waals surface area contributed by atoms with Crippen LogP contribution in [0, 0.1) is 11.3 Å². The Morgan fingerprint density at radius 2 is 1.83 bits per heavy atom. The van der Waals surface area contributed by atoms with Crippen LogP contribution in [0.5, 0.6) is 0 Å². The number of anilines is 1. The molecule has 0 atom stereocenters. The fourth-order valence-electron chi connectivity index (χ4n) is 2.74. The Labute approximate surface area is 174 Å². The number of amides is 1. The molecule has 30 heavy (non-hydrogen) atoms. The summed E-state index contributed by atoms with van der Waals surface area (Å²) < 4.78 is 39.3. The second-order valence-electron chi connectivity index (χ2n) is 6.31. The first kappa shape index (κ1) is 21.1. The summed E-state index contributed by atoms with van der Waals surface area (Å²) in [6.45, 7) is -0.0152. The first-order chi connectivity index (χ1) is 14.2. The molecule has 3 aromatic rings. The second kappa shape index (κ2) is 8.43. The van der Waals surface area contributed by atoms with E-state index in [1.54, 1.807) is 0 Å². The molecular formula is C21H13ClF3N3O2. The third kappa shape index (κ3) is 4.70. The summed E-state index contributed by atoms with van der Waals surface area (Å²) in [7, 11) is 0. The zero-order valence-electron chi connectivity index (χ0n) is 15.2. The van der Waals surface area contributed by atoms with Gasteiger partial charge in [0, 0.05) is 11.2 Å². The lowest BCUT2D eigenvalue weighted by molar-refractivity contribution is -0.137. The number of nitrogens with zero attached hydrogens (tertiary/aromatic N) is 2. The van der Waals surface area contributed by atoms with Gasteiger partial charge >= 0.3 is 6.18 Å². The van der Waals surface area contributed by atoms with Gasteiger partial charge in [-0.2, -0.15) is 18.4 Å². The van der Waals surface area contributed by atoms with E-state index in [9.17, 15) is 22.8 Å². The normalized spacial score (nSPS) is 11.0. The fourth-order valence-corrected chi connectivity index (χ4v) is 2.91. The molecular weight excluding hydrogens is 419 g/mol. The summed E-state index contributed by atoms with van der Waals surface area (Å²) >= 11 is 5.89. The molecule has 1 aromatic heterocycles. The van der Waals surface area contributed by atoms with Gasteiger partial charge in [-0.15, -0.1) is 0 Å². The Bertz CT molecular complexity index is 1200. The van der Waals surface area contributed by atoms with Gasteiger partial charge < -0.3 is 9.88 Å². The smallest absolute Gasteiger partial charge is 0.321 e. The number of hydrogen-bond acceptors (Lipinski definition) is 3. The third-order valence-corrected chi connectivity index (χ3v) is 4.48. The van der Waals surface area contributed by atoms with E-state index in [-0.39, 0.29) is 23.4 Å². The average Bonchev–Trinajstić information content (AvgIpc) is 2.69. The largest absolute Gasteiger partial charge is 0.416 e. The van der Waals surface area contributed by atoms with Crippen LogP contribution in [0.3, 0.4) is 0 Å². The summed E-state index contributed by atoms with van der Waals surface area (Å²) in [5.74, 6) is -0.736. The maximum Gasteiger partial charge on any atom is 0.416 e. The Balaban J connectivity index is 1.85. The van der Waals surface area contributed by atoms with E-state index in [4.69, 9.17) is 16.9 Å². The molecule has 0 saturated heterocycles. The van der Waals surface area contributed by atoms with Gasteiger partial charge in [0.25, 0.3) is 11.5 Å². The number of halogens is 4. The highest BCUT2D eigenvalue weighted by Gasteiger charge is 2.29. The van der Waals surface area contributed by atoms with Crippen molar-refractivity contribution >= 4 is 23.2 Å². The Kier molecular flexibility index (Phi) is 5.94. The lowest BCUT2D eigenvalue weighted by atomic mass is 10.1. The van der Waals surface area contributed by atoms with E-state index in [2.05, 4.69) is 5.32 Å². The van der Waals surface area contributed by atoms with Gasteiger partial charge in [0.1, 0.15) is 11.6 Å². The minimum atomic E-state index is -4.45. The van der Waals surface area contributed by atoms with Crippen molar-refractivity contribution in [3.05, 3.63) is 98.4 Å². The number of alkyl halides is 3. The van der Waals surface area contributed by atoms with Gasteiger partial charge in [-0.3, -0.25) is 9.59 Å². The van der Waals surface area contributed by atoms with Gasteiger partial charge in [0.15, 0.2) is 0 Å². The fraction of sp³-hybridized carbons (Fsp3) is 0.0952. The molecule has 0 unspecified atom stereocenters. The van der Waals surface area contributed by atoms with Crippen LogP contribution in [-0.4, -0.2) is 10.5 Å². The molecule has 3 rings (SSSR count). The van der Waals surface area contributed by atoms with Gasteiger partial charge in [0.2, 0.25) is 0 Å². The molecule has 1 amide bonds. The minimum absolute atomic E-state index is 0.0152. The zero-order valence-corrected chi connectivity index (χ0v) is 16.0. The molecule has 0 aliphatic rings. The summed E-state index contributed by atoms with van der Waals surface area (Å²) in [5.41, 5.74) is -0.809. The molecule has 0 bridgehead atoms. The molecule has 1 N–H and O–H groups in total. The van der Waals surface area contributed by atoms with Crippen molar-refractivity contribution in [3.8, 4) is 6.07 Å². The first-order valence-electron chi connectivity index (χ1n) is 8.55. The monoisotopic (exact) mass is 431 g/mol. The van der Waals surface area contributed by atoms with E-state index in [1.165, 1.54) is 53.2 Å². The lowest BCUT2D eigenvalue weighted by Crippen LogP contribution is -2.29. The highest BCUT2D eigenvalue weighted by molar-refractivity contribution is 6.31. The van der Waals surface area contributed by atoms with Gasteiger partial charge in [0.05, 0.1) is 23.4 Å². The maximum atomic E-state index is 12.7. The van der Waals surface area contributed by atoms with Crippen LogP contribution in [0.4, 0.5) is 18.9 Å². The summed E-state index contributed by atoms with van der Waals surface area (Å²) in [6, 6.07) is 13.4. The van der Waals surface area contributed by atoms with Crippen LogP contribution >= 0.6 is 11.6 Å². The number of hydrogen-bond donors (Lipinski definition) is 1. The van der Waals surface area contributed by atoms with Crippen molar-refractivity contribution in [1.82, 2.24) is 4.57 Å². The van der Waals surface area contributed by atoms with Crippen molar-refractivity contribution < 1.29 is 18.0 Å². The Morgan fingerprint density at radius 1 is 1.13 bits per heavy atom. The van der Waals surface area contributed by atoms with Crippen molar-refractivity contribution in [2.45, 2.75) is 12.7 Å². The highest BCUT2D eigenvalue weighted by Crippen LogP contribution is 2.29. The number of benzene rings is 2. The standard InChI is InChI=1S/C21H13ClF3N3O2/c22-16-8-5-14(11-26)18(10-16)27-19(29)17-2-1-9-28(20(17)30)12-13-3-6-15(7-4-13)21(23,24)25/h1-10H,12H2,(H,27,29). The van der Waals surface area contributed by atoms with Crippen LogP contribution in [0.2, 0.25) is 5.02 Å². The number of nitrogens with one attached hydrogen (secondary N) is 1. The molecule has 0 fully saturated rings. The molecule has 152 valence electrons. The number of aromatic nitrogens is 1. The number of pyridine rings is 1. The molecule has 0 spiro atoms. The van der Waals surface area contributed by atoms with Gasteiger partial charge in [-0.05, 0) is 48.0 Å². The van der Waals surface area contributed by atoms with Crippen LogP contribution in [0.15, 0.2) is 65.6 Å². The quantitative estimate of drug-likeness (QED) is 0.651. The molecule has 1 heterocycles. The molecule has 0 radical (unpaired) electrons. The van der Waals surface area contributed by atoms with E-state index < -0.39 is 23.2 Å². The van der Waals surface area contributed by atoms with Crippen LogP contribution in [0.1, 0.15) is 27.0 Å². The van der Waals surface area contributed by atoms with E-state index in [1.807, 2.05) is 6.07 Å². The van der Waals surface area contributed by atoms with Crippen molar-refractivity contribution in [1.29, 1.82) is 5.26 Å². The van der Waals surface area contributed by atoms with Crippen molar-refractivity contribution in [2.24, 2.45) is 0 Å². The summed E-state index contributed by atoms with van der Waals surface area (Å²) in [6.07, 6.45) is -3.02. The third-order valence-electron chi connectivity index (χ3n) is 4.25. The number of carbonyl (C=O) groups excluding carboxylic acids is 1. The number of carbonyl (C=O) groups is 1. The molecule has 0 aliphatic heterocycles. The SMILES string of the molecule is N#Cc1ccc(Cl)cc1NC(=O)c1cccn(Cc2ccc(C(F)(F)F)cc2)c1=O. The Morgan fingerprint density at radius 3 is 2.47 bits per heavy atom. The van der Waals surface area contributed by atoms with Crippen LogP contribution < -0.4 is 10.9 Å². The van der Waals surface area contributed by atoms with E-state index in [0.717, 1.165) is 12.1 Å². The van der Waals surface area contributed by atoms with Crippen LogP contribution in [-0.2, 0) is 12.7 Å². The Hall–Kier alpha value is -3.57. The zero-order chi connectivity index (χ0) is 21.9. The maximum absolute atomic E-state index is 12.7. The number of rotatable bonds is 4. The van der Waals surface area contributed by atoms with E-state index >= 15 is 0 Å². The lowest BCUT2D eigenvalue weighted by Gasteiger charge is -2.11. The summed E-state index contributed by atoms with van der Waals surface area (Å²) in [5, 5.41) is 11.9. The van der Waals surface area contributed by atoms with Gasteiger partial charge in [-0.25, -0.2) is 0 Å². The van der Waals surface area contributed by atoms with Crippen molar-refractivity contribution in [3.63, 3.8) is 0 Å². The number of nitriles is 1. The van der Waals surface area contributed by atoms with Crippen LogP contribution in [0.25, 0.3) is 0 Å². The molecule has 0 saturated carbocycles. The predicted molar refractivity (Wildman–Crippen MR) is 105 cm³/mol.